The largest absolute Gasteiger partial charge is 0.506 e. The monoisotopic (exact) mass is 606 g/mol. The Bertz CT molecular complexity index is 1090. The highest BCUT2D eigenvalue weighted by Gasteiger charge is 2.11. The van der Waals surface area contributed by atoms with Crippen molar-refractivity contribution in [3.63, 3.8) is 0 Å². The molecule has 2 aromatic carbocycles. The fourth-order valence-corrected chi connectivity index (χ4v) is 4.26. The summed E-state index contributed by atoms with van der Waals surface area (Å²) in [7, 11) is 0. The van der Waals surface area contributed by atoms with E-state index < -0.39 is 0 Å². The molecule has 0 aliphatic rings. The molecular weight excluding hydrogens is 579 g/mol. The van der Waals surface area contributed by atoms with Gasteiger partial charge in [-0.15, -0.1) is 34.0 Å². The number of hydrogen-bond acceptors (Lipinski definition) is 6. The van der Waals surface area contributed by atoms with Crippen LogP contribution in [0.1, 0.15) is 24.0 Å². The number of carbonyl (C=O) groups excluding carboxylic acids is 1. The highest BCUT2D eigenvalue weighted by Crippen LogP contribution is 2.27. The van der Waals surface area contributed by atoms with E-state index in [4.69, 9.17) is 5.73 Å². The number of aromatic nitrogens is 1. The van der Waals surface area contributed by atoms with E-state index in [9.17, 15) is 19.1 Å². The summed E-state index contributed by atoms with van der Waals surface area (Å²) in [6, 6.07) is 9.52. The Labute approximate surface area is 216 Å². The van der Waals surface area contributed by atoms with E-state index >= 15 is 0 Å². The summed E-state index contributed by atoms with van der Waals surface area (Å²) in [5.41, 5.74) is 8.36. The van der Waals surface area contributed by atoms with Gasteiger partial charge in [-0.3, -0.25) is 9.59 Å². The highest BCUT2D eigenvalue weighted by atomic mass is 79.9. The molecule has 6 N–H and O–H groups in total. The third-order valence-corrected chi connectivity index (χ3v) is 5.93. The molecule has 1 amide bonds. The minimum Gasteiger partial charge on any atom is -0.506 e. The molecule has 0 spiro atoms. The van der Waals surface area contributed by atoms with Crippen LogP contribution in [0.25, 0.3) is 10.2 Å². The fraction of sp³-hybridized carbons (Fsp3) is 0.364. The average Bonchev–Trinajstić information content (AvgIpc) is 3.13. The van der Waals surface area contributed by atoms with E-state index in [-0.39, 0.29) is 68.8 Å². The van der Waals surface area contributed by atoms with Crippen LogP contribution < -0.4 is 21.2 Å². The molecule has 0 aliphatic heterocycles. The lowest BCUT2D eigenvalue weighted by atomic mass is 10.0. The van der Waals surface area contributed by atoms with Gasteiger partial charge < -0.3 is 26.5 Å². The van der Waals surface area contributed by atoms with Gasteiger partial charge in [0.1, 0.15) is 17.1 Å². The van der Waals surface area contributed by atoms with Crippen molar-refractivity contribution in [3.05, 3.63) is 63.0 Å². The van der Waals surface area contributed by atoms with Crippen LogP contribution in [0, 0.1) is 5.82 Å². The first-order chi connectivity index (χ1) is 14.9. The number of hydrogen-bond donors (Lipinski definition) is 5. The number of rotatable bonds is 11. The van der Waals surface area contributed by atoms with Crippen LogP contribution in [-0.4, -0.2) is 41.7 Å². The Morgan fingerprint density at radius 2 is 1.94 bits per heavy atom. The Morgan fingerprint density at radius 3 is 2.70 bits per heavy atom. The maximum atomic E-state index is 13.2. The molecule has 0 saturated heterocycles. The molecular formula is C22H29Br2FN4O3S. The maximum absolute atomic E-state index is 13.2. The number of H-pyrrole nitrogens is 1. The number of aromatic amines is 1. The lowest BCUT2D eigenvalue weighted by Gasteiger charge is -2.12. The summed E-state index contributed by atoms with van der Waals surface area (Å²) in [6.45, 7) is 1.77. The Balaban J connectivity index is 0.00000272. The van der Waals surface area contributed by atoms with Gasteiger partial charge in [0.15, 0.2) is 0 Å². The number of nitrogens with one attached hydrogen (secondary N) is 3. The van der Waals surface area contributed by atoms with E-state index in [2.05, 4.69) is 15.6 Å². The molecule has 1 heterocycles. The molecule has 0 fully saturated rings. The molecule has 0 saturated carbocycles. The molecule has 33 heavy (non-hydrogen) atoms. The van der Waals surface area contributed by atoms with Crippen molar-refractivity contribution in [3.8, 4) is 5.75 Å². The molecule has 1 atom stereocenters. The number of aryl methyl sites for hydroxylation is 1. The zero-order chi connectivity index (χ0) is 22.2. The Hall–Kier alpha value is -1.79. The lowest BCUT2D eigenvalue weighted by molar-refractivity contribution is -0.121. The van der Waals surface area contributed by atoms with Gasteiger partial charge in [0.05, 0.1) is 4.70 Å². The van der Waals surface area contributed by atoms with Gasteiger partial charge in [-0.25, -0.2) is 4.39 Å². The number of halogens is 3. The number of thiazole rings is 1. The molecule has 0 aliphatic carbocycles. The quantitative estimate of drug-likeness (QED) is 0.214. The van der Waals surface area contributed by atoms with E-state index in [0.717, 1.165) is 27.2 Å². The number of benzene rings is 2. The second-order valence-electron chi connectivity index (χ2n) is 7.45. The predicted molar refractivity (Wildman–Crippen MR) is 142 cm³/mol. The van der Waals surface area contributed by atoms with Crippen LogP contribution in [0.15, 0.2) is 41.2 Å². The summed E-state index contributed by atoms with van der Waals surface area (Å²) in [5, 5.41) is 15.9. The predicted octanol–water partition coefficient (Wildman–Crippen LogP) is 3.19. The van der Waals surface area contributed by atoms with Crippen LogP contribution in [-0.2, 0) is 17.6 Å². The van der Waals surface area contributed by atoms with Gasteiger partial charge in [0, 0.05) is 25.6 Å². The second-order valence-corrected chi connectivity index (χ2v) is 8.43. The van der Waals surface area contributed by atoms with Crippen LogP contribution in [0.3, 0.4) is 0 Å². The smallest absolute Gasteiger partial charge is 0.305 e. The van der Waals surface area contributed by atoms with Crippen molar-refractivity contribution in [1.82, 2.24) is 15.6 Å². The maximum Gasteiger partial charge on any atom is 0.305 e. The zero-order valence-electron chi connectivity index (χ0n) is 17.9. The summed E-state index contributed by atoms with van der Waals surface area (Å²) in [4.78, 5) is 26.0. The zero-order valence-corrected chi connectivity index (χ0v) is 22.2. The molecule has 3 rings (SSSR count). The number of nitrogens with two attached hydrogens (primary N) is 1. The summed E-state index contributed by atoms with van der Waals surface area (Å²) in [5.74, 6) is -0.303. The number of fused-ring (bicyclic) bond motifs is 1. The van der Waals surface area contributed by atoms with Crippen LogP contribution >= 0.6 is 45.3 Å². The Kier molecular flexibility index (Phi) is 12.8. The van der Waals surface area contributed by atoms with Gasteiger partial charge >= 0.3 is 4.87 Å². The lowest BCUT2D eigenvalue weighted by Crippen LogP contribution is -2.36. The van der Waals surface area contributed by atoms with Gasteiger partial charge in [0.25, 0.3) is 0 Å². The van der Waals surface area contributed by atoms with Gasteiger partial charge in [-0.1, -0.05) is 29.5 Å². The highest BCUT2D eigenvalue weighted by molar-refractivity contribution is 8.93. The van der Waals surface area contributed by atoms with Crippen molar-refractivity contribution >= 4 is 61.4 Å². The number of carbonyl (C=O) groups is 1. The summed E-state index contributed by atoms with van der Waals surface area (Å²) < 4.78 is 14.0. The molecule has 0 radical (unpaired) electrons. The summed E-state index contributed by atoms with van der Waals surface area (Å²) in [6.07, 6.45) is 2.17. The van der Waals surface area contributed by atoms with Crippen molar-refractivity contribution in [1.29, 1.82) is 0 Å². The van der Waals surface area contributed by atoms with Gasteiger partial charge in [-0.2, -0.15) is 0 Å². The molecule has 1 aromatic heterocycles. The fourth-order valence-electron chi connectivity index (χ4n) is 3.37. The molecule has 0 bridgehead atoms. The first-order valence-corrected chi connectivity index (χ1v) is 11.0. The second kappa shape index (κ2) is 14.5. The minimum absolute atomic E-state index is 0. The number of phenols is 1. The van der Waals surface area contributed by atoms with E-state index in [1.807, 2.05) is 12.1 Å². The number of phenolic OH excluding ortho intramolecular Hbond substituents is 1. The molecule has 3 aromatic rings. The standard InChI is InChI=1S/C22H27FN4O3S.2BrH/c23-16-3-1-2-14(12-16)4-6-17(24)13-19(29)26-11-10-25-9-8-15-5-7-18(28)20-21(15)31-22(30)27-20;;/h1-3,5,7,12,17,25,28H,4,6,8-11,13,24H2,(H,26,29)(H,27,30);2*1H. The summed E-state index contributed by atoms with van der Waals surface area (Å²) >= 11 is 1.09. The van der Waals surface area contributed by atoms with Crippen molar-refractivity contribution < 1.29 is 14.3 Å². The SMILES string of the molecule is Br.Br.NC(CCc1cccc(F)c1)CC(=O)NCCNCCc1ccc(O)c2[nH]c(=O)sc12. The van der Waals surface area contributed by atoms with Crippen molar-refractivity contribution in [2.75, 3.05) is 19.6 Å². The van der Waals surface area contributed by atoms with Gasteiger partial charge in [-0.05, 0) is 55.1 Å². The van der Waals surface area contributed by atoms with Crippen LogP contribution in [0.5, 0.6) is 5.75 Å². The first-order valence-electron chi connectivity index (χ1n) is 10.2. The third-order valence-electron chi connectivity index (χ3n) is 4.97. The topological polar surface area (TPSA) is 120 Å². The van der Waals surface area contributed by atoms with Crippen LogP contribution in [0.2, 0.25) is 0 Å². The van der Waals surface area contributed by atoms with Crippen molar-refractivity contribution in [2.24, 2.45) is 5.73 Å². The molecule has 11 heteroatoms. The minimum atomic E-state index is -0.276. The van der Waals surface area contributed by atoms with Gasteiger partial charge in [0.2, 0.25) is 5.91 Å². The number of amides is 1. The Morgan fingerprint density at radius 1 is 1.15 bits per heavy atom. The first kappa shape index (κ1) is 29.2. The average molecular weight is 608 g/mol. The third kappa shape index (κ3) is 9.17. The van der Waals surface area contributed by atoms with E-state index in [1.165, 1.54) is 12.1 Å². The molecule has 182 valence electrons. The molecule has 7 nitrogen and oxygen atoms in total. The molecule has 1 unspecified atom stereocenters. The van der Waals surface area contributed by atoms with E-state index in [1.54, 1.807) is 12.1 Å². The van der Waals surface area contributed by atoms with E-state index in [0.29, 0.717) is 44.4 Å². The van der Waals surface area contributed by atoms with Crippen molar-refractivity contribution in [2.45, 2.75) is 31.7 Å². The number of aromatic hydroxyl groups is 1. The normalized spacial score (nSPS) is 11.5. The van der Waals surface area contributed by atoms with Crippen LogP contribution in [0.4, 0.5) is 4.39 Å².